The van der Waals surface area contributed by atoms with Crippen molar-refractivity contribution in [2.75, 3.05) is 26.3 Å². The monoisotopic (exact) mass is 484 g/mol. The molecular formula is C23H24F4N2O5. The number of nitrogens with zero attached hydrogens (tertiary/aromatic N) is 2. The number of ether oxygens (including phenoxy) is 2. The van der Waals surface area contributed by atoms with Crippen LogP contribution in [0, 0.1) is 17.7 Å². The van der Waals surface area contributed by atoms with Crippen LogP contribution in [0.15, 0.2) is 48.7 Å². The third kappa shape index (κ3) is 6.97. The summed E-state index contributed by atoms with van der Waals surface area (Å²) in [7, 11) is 0. The standard InChI is InChI=1S/C21H23FN2O3.C2HF3O2/c22-17-6-4-15(5-7-17)21(25)24-11-19-16(13-27-20(19)12-24)8-10-26-14-18-3-1-2-9-23-18;3-2(4,5)1(6)7/h1-7,9,16,19-20H,8,10-14H2;(H,6,7)/t16-,19-,20-;/m0./s1. The normalized spacial score (nSPS) is 21.5. The number of aliphatic carboxylic acids is 1. The fourth-order valence-electron chi connectivity index (χ4n) is 3.93. The zero-order valence-electron chi connectivity index (χ0n) is 18.1. The highest BCUT2D eigenvalue weighted by Gasteiger charge is 2.45. The molecule has 0 spiro atoms. The predicted octanol–water partition coefficient (Wildman–Crippen LogP) is 3.55. The minimum absolute atomic E-state index is 0.0573. The molecule has 2 saturated heterocycles. The van der Waals surface area contributed by atoms with Gasteiger partial charge in [-0.1, -0.05) is 6.07 Å². The van der Waals surface area contributed by atoms with Gasteiger partial charge in [-0.25, -0.2) is 9.18 Å². The van der Waals surface area contributed by atoms with E-state index in [-0.39, 0.29) is 17.8 Å². The van der Waals surface area contributed by atoms with Crippen LogP contribution in [0.2, 0.25) is 0 Å². The first-order chi connectivity index (χ1) is 16.1. The zero-order valence-corrected chi connectivity index (χ0v) is 18.1. The molecule has 0 bridgehead atoms. The minimum atomic E-state index is -5.08. The van der Waals surface area contributed by atoms with Gasteiger partial charge in [0.05, 0.1) is 25.0 Å². The quantitative estimate of drug-likeness (QED) is 0.499. The van der Waals surface area contributed by atoms with E-state index in [1.165, 1.54) is 24.3 Å². The number of benzene rings is 1. The number of carboxylic acid groups (broad SMARTS) is 1. The highest BCUT2D eigenvalue weighted by Crippen LogP contribution is 2.36. The molecule has 0 unspecified atom stereocenters. The van der Waals surface area contributed by atoms with Crippen molar-refractivity contribution in [3.8, 4) is 0 Å². The topological polar surface area (TPSA) is 89.0 Å². The Morgan fingerprint density at radius 1 is 1.15 bits per heavy atom. The number of fused-ring (bicyclic) bond motifs is 1. The van der Waals surface area contributed by atoms with Gasteiger partial charge < -0.3 is 19.5 Å². The molecule has 0 radical (unpaired) electrons. The summed E-state index contributed by atoms with van der Waals surface area (Å²) in [4.78, 5) is 27.6. The molecule has 2 fully saturated rings. The average Bonchev–Trinajstić information content (AvgIpc) is 3.39. The molecule has 184 valence electrons. The highest BCUT2D eigenvalue weighted by atomic mass is 19.4. The van der Waals surface area contributed by atoms with Crippen molar-refractivity contribution in [2.45, 2.75) is 25.3 Å². The van der Waals surface area contributed by atoms with Crippen molar-refractivity contribution in [3.63, 3.8) is 0 Å². The van der Waals surface area contributed by atoms with E-state index >= 15 is 0 Å². The number of aromatic nitrogens is 1. The molecule has 3 atom stereocenters. The van der Waals surface area contributed by atoms with E-state index in [1.807, 2.05) is 23.1 Å². The molecule has 2 aromatic rings. The molecule has 34 heavy (non-hydrogen) atoms. The lowest BCUT2D eigenvalue weighted by Crippen LogP contribution is -2.31. The predicted molar refractivity (Wildman–Crippen MR) is 111 cm³/mol. The molecule has 1 amide bonds. The van der Waals surface area contributed by atoms with Gasteiger partial charge in [0.25, 0.3) is 5.91 Å². The second-order valence-corrected chi connectivity index (χ2v) is 7.98. The zero-order chi connectivity index (χ0) is 24.7. The Balaban J connectivity index is 0.000000406. The van der Waals surface area contributed by atoms with Crippen molar-refractivity contribution in [1.82, 2.24) is 9.88 Å². The molecule has 2 aliphatic rings. The molecule has 3 heterocycles. The van der Waals surface area contributed by atoms with Crippen LogP contribution < -0.4 is 0 Å². The van der Waals surface area contributed by atoms with Crippen LogP contribution in [-0.2, 0) is 20.9 Å². The summed E-state index contributed by atoms with van der Waals surface area (Å²) in [6.07, 6.45) is -2.32. The lowest BCUT2D eigenvalue weighted by molar-refractivity contribution is -0.192. The Kier molecular flexibility index (Phi) is 8.56. The highest BCUT2D eigenvalue weighted by molar-refractivity contribution is 5.94. The number of carbonyl (C=O) groups excluding carboxylic acids is 1. The summed E-state index contributed by atoms with van der Waals surface area (Å²) >= 11 is 0. The van der Waals surface area contributed by atoms with Crippen LogP contribution >= 0.6 is 0 Å². The van der Waals surface area contributed by atoms with Crippen molar-refractivity contribution in [3.05, 3.63) is 65.7 Å². The fourth-order valence-corrected chi connectivity index (χ4v) is 3.93. The molecule has 11 heteroatoms. The van der Waals surface area contributed by atoms with Crippen LogP contribution in [0.5, 0.6) is 0 Å². The van der Waals surface area contributed by atoms with E-state index in [1.54, 1.807) is 6.20 Å². The average molecular weight is 484 g/mol. The lowest BCUT2D eigenvalue weighted by atomic mass is 9.91. The smallest absolute Gasteiger partial charge is 0.475 e. The number of alkyl halides is 3. The molecule has 2 aliphatic heterocycles. The van der Waals surface area contributed by atoms with E-state index in [4.69, 9.17) is 19.4 Å². The second kappa shape index (κ2) is 11.4. The van der Waals surface area contributed by atoms with E-state index in [0.717, 1.165) is 18.7 Å². The Morgan fingerprint density at radius 2 is 1.85 bits per heavy atom. The molecule has 4 rings (SSSR count). The van der Waals surface area contributed by atoms with Gasteiger partial charge >= 0.3 is 12.1 Å². The van der Waals surface area contributed by atoms with E-state index < -0.39 is 12.1 Å². The molecule has 0 aliphatic carbocycles. The van der Waals surface area contributed by atoms with Crippen LogP contribution in [0.25, 0.3) is 0 Å². The summed E-state index contributed by atoms with van der Waals surface area (Å²) in [5.74, 6) is -2.41. The molecule has 7 nitrogen and oxygen atoms in total. The first-order valence-corrected chi connectivity index (χ1v) is 10.6. The maximum atomic E-state index is 13.1. The van der Waals surface area contributed by atoms with Crippen LogP contribution in [0.3, 0.4) is 0 Å². The maximum Gasteiger partial charge on any atom is 0.490 e. The number of carbonyl (C=O) groups is 2. The number of rotatable bonds is 6. The molecule has 1 aromatic carbocycles. The Labute approximate surface area is 193 Å². The van der Waals surface area contributed by atoms with Crippen molar-refractivity contribution < 1.29 is 41.7 Å². The SMILES string of the molecule is O=C(O)C(F)(F)F.O=C(c1ccc(F)cc1)N1C[C@H]2[C@@H](CCOCc3ccccn3)CO[C@H]2C1. The Hall–Kier alpha value is -3.05. The van der Waals surface area contributed by atoms with Gasteiger partial charge in [0.2, 0.25) is 0 Å². The van der Waals surface area contributed by atoms with E-state index in [2.05, 4.69) is 4.98 Å². The number of hydrogen-bond acceptors (Lipinski definition) is 5. The van der Waals surface area contributed by atoms with E-state index in [0.29, 0.717) is 43.7 Å². The number of amides is 1. The number of pyridine rings is 1. The summed E-state index contributed by atoms with van der Waals surface area (Å²) < 4.78 is 56.5. The van der Waals surface area contributed by atoms with Crippen LogP contribution in [0.4, 0.5) is 17.6 Å². The molecule has 1 N–H and O–H groups in total. The van der Waals surface area contributed by atoms with Gasteiger partial charge in [-0.3, -0.25) is 9.78 Å². The second-order valence-electron chi connectivity index (χ2n) is 7.98. The summed E-state index contributed by atoms with van der Waals surface area (Å²) in [5, 5.41) is 7.12. The molecule has 0 saturated carbocycles. The summed E-state index contributed by atoms with van der Waals surface area (Å²) in [5.41, 5.74) is 1.45. The van der Waals surface area contributed by atoms with Crippen LogP contribution in [-0.4, -0.2) is 65.5 Å². The third-order valence-electron chi connectivity index (χ3n) is 5.67. The van der Waals surface area contributed by atoms with Gasteiger partial charge in [-0.2, -0.15) is 13.2 Å². The third-order valence-corrected chi connectivity index (χ3v) is 5.67. The van der Waals surface area contributed by atoms with Gasteiger partial charge in [0, 0.05) is 37.4 Å². The van der Waals surface area contributed by atoms with Gasteiger partial charge in [-0.05, 0) is 48.7 Å². The molecular weight excluding hydrogens is 460 g/mol. The number of hydrogen-bond donors (Lipinski definition) is 1. The first kappa shape index (κ1) is 25.6. The minimum Gasteiger partial charge on any atom is -0.475 e. The van der Waals surface area contributed by atoms with Crippen molar-refractivity contribution >= 4 is 11.9 Å². The first-order valence-electron chi connectivity index (χ1n) is 10.6. The fraction of sp³-hybridized carbons (Fsp3) is 0.435. The maximum absolute atomic E-state index is 13.1. The number of carboxylic acids is 1. The number of halogens is 4. The Morgan fingerprint density at radius 3 is 2.47 bits per heavy atom. The summed E-state index contributed by atoms with van der Waals surface area (Å²) in [6, 6.07) is 11.5. The number of likely N-dealkylation sites (tertiary alicyclic amines) is 1. The lowest BCUT2D eigenvalue weighted by Gasteiger charge is -2.20. The molecule has 1 aromatic heterocycles. The summed E-state index contributed by atoms with van der Waals surface area (Å²) in [6.45, 7) is 3.18. The van der Waals surface area contributed by atoms with Crippen molar-refractivity contribution in [2.24, 2.45) is 11.8 Å². The Bertz CT molecular complexity index is 956. The largest absolute Gasteiger partial charge is 0.490 e. The van der Waals surface area contributed by atoms with E-state index in [9.17, 15) is 22.4 Å². The van der Waals surface area contributed by atoms with Gasteiger partial charge in [-0.15, -0.1) is 0 Å². The van der Waals surface area contributed by atoms with Gasteiger partial charge in [0.15, 0.2) is 0 Å². The van der Waals surface area contributed by atoms with Crippen molar-refractivity contribution in [1.29, 1.82) is 0 Å². The van der Waals surface area contributed by atoms with Gasteiger partial charge in [0.1, 0.15) is 5.82 Å². The van der Waals surface area contributed by atoms with Crippen LogP contribution in [0.1, 0.15) is 22.5 Å².